The average Bonchev–Trinajstić information content (AvgIpc) is 2.11. The Bertz CT molecular complexity index is 309. The lowest BCUT2D eigenvalue weighted by Crippen LogP contribution is -2.37. The molecule has 16 heavy (non-hydrogen) atoms. The van der Waals surface area contributed by atoms with Gasteiger partial charge in [0.2, 0.25) is 0 Å². The number of carbonyl (C=O) groups is 1. The molecule has 1 heteroatoms. The topological polar surface area (TPSA) is 17.1 Å². The number of hydrogen-bond acceptors (Lipinski definition) is 1. The summed E-state index contributed by atoms with van der Waals surface area (Å²) >= 11 is 0. The summed E-state index contributed by atoms with van der Waals surface area (Å²) in [7, 11) is 0. The zero-order valence-corrected chi connectivity index (χ0v) is 11.0. The van der Waals surface area contributed by atoms with Crippen molar-refractivity contribution in [1.29, 1.82) is 0 Å². The van der Waals surface area contributed by atoms with Gasteiger partial charge in [-0.3, -0.25) is 4.79 Å². The van der Waals surface area contributed by atoms with Crippen LogP contribution in [0.4, 0.5) is 0 Å². The molecule has 1 saturated carbocycles. The van der Waals surface area contributed by atoms with Crippen molar-refractivity contribution in [2.45, 2.75) is 47.0 Å². The van der Waals surface area contributed by atoms with Gasteiger partial charge in [-0.05, 0) is 36.7 Å². The first-order valence-electron chi connectivity index (χ1n) is 6.26. The van der Waals surface area contributed by atoms with Crippen molar-refractivity contribution in [3.63, 3.8) is 0 Å². The lowest BCUT2D eigenvalue weighted by Gasteiger charge is -2.41. The fraction of sp³-hybridized carbons (Fsp3) is 0.667. The van der Waals surface area contributed by atoms with E-state index in [1.807, 2.05) is 13.0 Å². The molecule has 0 radical (unpaired) electrons. The Hall–Kier alpha value is -0.850. The van der Waals surface area contributed by atoms with Crippen LogP contribution in [-0.4, -0.2) is 5.78 Å². The van der Waals surface area contributed by atoms with Crippen LogP contribution >= 0.6 is 0 Å². The van der Waals surface area contributed by atoms with Gasteiger partial charge in [0.15, 0.2) is 5.78 Å². The van der Waals surface area contributed by atoms with E-state index >= 15 is 0 Å². The lowest BCUT2D eigenvalue weighted by atomic mass is 9.62. The summed E-state index contributed by atoms with van der Waals surface area (Å²) in [6, 6.07) is 0. The predicted molar refractivity (Wildman–Crippen MR) is 69.2 cm³/mol. The maximum absolute atomic E-state index is 12.1. The van der Waals surface area contributed by atoms with E-state index in [1.165, 1.54) is 0 Å². The highest BCUT2D eigenvalue weighted by atomic mass is 16.1. The second kappa shape index (κ2) is 4.99. The highest BCUT2D eigenvalue weighted by molar-refractivity contribution is 5.94. The van der Waals surface area contributed by atoms with Gasteiger partial charge < -0.3 is 0 Å². The molecular weight excluding hydrogens is 196 g/mol. The number of rotatable bonds is 3. The van der Waals surface area contributed by atoms with Crippen LogP contribution < -0.4 is 0 Å². The summed E-state index contributed by atoms with van der Waals surface area (Å²) in [6.45, 7) is 12.8. The molecule has 1 nitrogen and oxygen atoms in total. The zero-order valence-electron chi connectivity index (χ0n) is 11.0. The summed E-state index contributed by atoms with van der Waals surface area (Å²) in [5.74, 6) is 0.914. The molecule has 0 aromatic carbocycles. The van der Waals surface area contributed by atoms with Crippen molar-refractivity contribution < 1.29 is 4.79 Å². The zero-order chi connectivity index (χ0) is 12.3. The Morgan fingerprint density at radius 1 is 1.56 bits per heavy atom. The largest absolute Gasteiger partial charge is 0.294 e. The van der Waals surface area contributed by atoms with Crippen LogP contribution in [0.15, 0.2) is 24.3 Å². The third-order valence-electron chi connectivity index (χ3n) is 3.48. The van der Waals surface area contributed by atoms with E-state index < -0.39 is 0 Å². The standard InChI is InChI=1S/C15H24O/c1-6-7-8-13(16)14-12(3)9-11(2)10-15(14,4)5/h7-8,11,14H,3,6,9-10H2,1-2,4-5H3/t11-,14+/m1/s1. The third-order valence-corrected chi connectivity index (χ3v) is 3.48. The molecule has 0 saturated heterocycles. The number of ketones is 1. The van der Waals surface area contributed by atoms with Gasteiger partial charge in [0.05, 0.1) is 0 Å². The van der Waals surface area contributed by atoms with Crippen molar-refractivity contribution in [3.8, 4) is 0 Å². The van der Waals surface area contributed by atoms with Crippen LogP contribution in [0.3, 0.4) is 0 Å². The first kappa shape index (κ1) is 13.2. The minimum absolute atomic E-state index is 0.0199. The van der Waals surface area contributed by atoms with E-state index in [0.29, 0.717) is 5.92 Å². The molecule has 0 aromatic rings. The van der Waals surface area contributed by atoms with Crippen molar-refractivity contribution in [2.75, 3.05) is 0 Å². The van der Waals surface area contributed by atoms with Gasteiger partial charge in [0.25, 0.3) is 0 Å². The van der Waals surface area contributed by atoms with Gasteiger partial charge in [0, 0.05) is 5.92 Å². The SMILES string of the molecule is C=C1C[C@@H](C)CC(C)(C)[C@@H]1C(=O)C=CCC. The van der Waals surface area contributed by atoms with E-state index in [9.17, 15) is 4.79 Å². The van der Waals surface area contributed by atoms with Gasteiger partial charge in [-0.25, -0.2) is 0 Å². The van der Waals surface area contributed by atoms with E-state index in [0.717, 1.165) is 24.8 Å². The third kappa shape index (κ3) is 2.84. The van der Waals surface area contributed by atoms with Gasteiger partial charge in [-0.1, -0.05) is 45.9 Å². The molecule has 1 rings (SSSR count). The number of hydrogen-bond donors (Lipinski definition) is 0. The Kier molecular flexibility index (Phi) is 4.12. The molecule has 0 N–H and O–H groups in total. The molecular formula is C15H24O. The van der Waals surface area contributed by atoms with Crippen molar-refractivity contribution in [1.82, 2.24) is 0 Å². The highest BCUT2D eigenvalue weighted by Gasteiger charge is 2.40. The molecule has 0 unspecified atom stereocenters. The van der Waals surface area contributed by atoms with Gasteiger partial charge in [0.1, 0.15) is 0 Å². The number of allylic oxidation sites excluding steroid dienone is 3. The Morgan fingerprint density at radius 2 is 2.19 bits per heavy atom. The maximum Gasteiger partial charge on any atom is 0.162 e. The summed E-state index contributed by atoms with van der Waals surface area (Å²) < 4.78 is 0. The molecule has 90 valence electrons. The first-order valence-corrected chi connectivity index (χ1v) is 6.26. The van der Waals surface area contributed by atoms with Gasteiger partial charge in [-0.2, -0.15) is 0 Å². The molecule has 0 amide bonds. The molecule has 0 aliphatic heterocycles. The second-order valence-electron chi connectivity index (χ2n) is 5.81. The van der Waals surface area contributed by atoms with Gasteiger partial charge in [-0.15, -0.1) is 0 Å². The molecule has 1 fully saturated rings. The minimum atomic E-state index is 0.0199. The quantitative estimate of drug-likeness (QED) is 0.516. The van der Waals surface area contributed by atoms with E-state index in [-0.39, 0.29) is 17.1 Å². The molecule has 0 spiro atoms. The Balaban J connectivity index is 2.88. The lowest BCUT2D eigenvalue weighted by molar-refractivity contribution is -0.121. The molecule has 1 aliphatic rings. The van der Waals surface area contributed by atoms with Crippen LogP contribution in [0, 0.1) is 17.3 Å². The van der Waals surface area contributed by atoms with Crippen LogP contribution in [0.5, 0.6) is 0 Å². The average molecular weight is 220 g/mol. The second-order valence-corrected chi connectivity index (χ2v) is 5.81. The summed E-state index contributed by atoms with van der Waals surface area (Å²) in [5, 5.41) is 0. The normalized spacial score (nSPS) is 29.6. The molecule has 2 atom stereocenters. The predicted octanol–water partition coefficient (Wildman–Crippen LogP) is 4.15. The van der Waals surface area contributed by atoms with E-state index in [2.05, 4.69) is 27.4 Å². The summed E-state index contributed by atoms with van der Waals surface area (Å²) in [6.07, 6.45) is 6.72. The van der Waals surface area contributed by atoms with Crippen molar-refractivity contribution in [3.05, 3.63) is 24.3 Å². The molecule has 0 heterocycles. The van der Waals surface area contributed by atoms with Crippen LogP contribution in [0.25, 0.3) is 0 Å². The van der Waals surface area contributed by atoms with Gasteiger partial charge >= 0.3 is 0 Å². The number of carbonyl (C=O) groups excluding carboxylic acids is 1. The van der Waals surface area contributed by atoms with Crippen molar-refractivity contribution >= 4 is 5.78 Å². The molecule has 0 aromatic heterocycles. The highest BCUT2D eigenvalue weighted by Crippen LogP contribution is 2.46. The minimum Gasteiger partial charge on any atom is -0.294 e. The monoisotopic (exact) mass is 220 g/mol. The summed E-state index contributed by atoms with van der Waals surface area (Å²) in [4.78, 5) is 12.1. The maximum atomic E-state index is 12.1. The van der Waals surface area contributed by atoms with Crippen molar-refractivity contribution in [2.24, 2.45) is 17.3 Å². The Labute approximate surface area is 99.6 Å². The van der Waals surface area contributed by atoms with Crippen LogP contribution in [0.2, 0.25) is 0 Å². The van der Waals surface area contributed by atoms with Crippen LogP contribution in [-0.2, 0) is 4.79 Å². The molecule has 1 aliphatic carbocycles. The van der Waals surface area contributed by atoms with E-state index in [1.54, 1.807) is 6.08 Å². The van der Waals surface area contributed by atoms with E-state index in [4.69, 9.17) is 0 Å². The van der Waals surface area contributed by atoms with Crippen LogP contribution in [0.1, 0.15) is 47.0 Å². The fourth-order valence-corrected chi connectivity index (χ4v) is 3.12. The summed E-state index contributed by atoms with van der Waals surface area (Å²) in [5.41, 5.74) is 1.18. The fourth-order valence-electron chi connectivity index (χ4n) is 3.12. The molecule has 0 bridgehead atoms. The Morgan fingerprint density at radius 3 is 2.69 bits per heavy atom. The first-order chi connectivity index (χ1) is 7.38. The smallest absolute Gasteiger partial charge is 0.162 e.